The molecular formula is C17H16N2O3S. The van der Waals surface area contributed by atoms with Crippen LogP contribution in [-0.2, 0) is 20.7 Å². The molecule has 1 heterocycles. The molecule has 0 radical (unpaired) electrons. The van der Waals surface area contributed by atoms with Gasteiger partial charge in [-0.3, -0.25) is 9.59 Å². The average Bonchev–Trinajstić information content (AvgIpc) is 3.07. The van der Waals surface area contributed by atoms with E-state index in [0.717, 1.165) is 5.56 Å². The summed E-state index contributed by atoms with van der Waals surface area (Å²) in [4.78, 5) is 23.7. The lowest BCUT2D eigenvalue weighted by atomic mass is 10.2. The molecular weight excluding hydrogens is 312 g/mol. The van der Waals surface area contributed by atoms with Crippen LogP contribution in [0.1, 0.15) is 24.5 Å². The van der Waals surface area contributed by atoms with E-state index in [-0.39, 0.29) is 6.42 Å². The quantitative estimate of drug-likeness (QED) is 0.826. The van der Waals surface area contributed by atoms with E-state index >= 15 is 0 Å². The molecule has 0 aliphatic carbocycles. The van der Waals surface area contributed by atoms with Gasteiger partial charge in [0.25, 0.3) is 5.91 Å². The van der Waals surface area contributed by atoms with Crippen molar-refractivity contribution in [1.82, 2.24) is 0 Å². The van der Waals surface area contributed by atoms with Gasteiger partial charge in [-0.15, -0.1) is 0 Å². The van der Waals surface area contributed by atoms with Gasteiger partial charge in [0.05, 0.1) is 11.6 Å². The summed E-state index contributed by atoms with van der Waals surface area (Å²) in [6.07, 6.45) is -0.0297. The first-order valence-corrected chi connectivity index (χ1v) is 8.04. The molecule has 1 N–H and O–H groups in total. The Hall–Kier alpha value is -2.65. The maximum atomic E-state index is 12.0. The summed E-state index contributed by atoms with van der Waals surface area (Å²) in [6.45, 7) is 1.53. The van der Waals surface area contributed by atoms with Gasteiger partial charge in [-0.05, 0) is 60.0 Å². The molecule has 0 spiro atoms. The van der Waals surface area contributed by atoms with Crippen molar-refractivity contribution in [2.24, 2.45) is 0 Å². The SMILES string of the molecule is C[C@@H](OC(=O)CCc1ccsc1)C(=O)Nc1ccc(C#N)cc1. The molecule has 6 heteroatoms. The third-order valence-electron chi connectivity index (χ3n) is 3.16. The van der Waals surface area contributed by atoms with Crippen LogP contribution in [0, 0.1) is 11.3 Å². The summed E-state index contributed by atoms with van der Waals surface area (Å²) in [7, 11) is 0. The number of nitrogens with zero attached hydrogens (tertiary/aromatic N) is 1. The summed E-state index contributed by atoms with van der Waals surface area (Å²) in [5.41, 5.74) is 2.15. The van der Waals surface area contributed by atoms with E-state index in [4.69, 9.17) is 10.00 Å². The molecule has 1 aromatic heterocycles. The van der Waals surface area contributed by atoms with Gasteiger partial charge in [0.1, 0.15) is 0 Å². The van der Waals surface area contributed by atoms with Crippen molar-refractivity contribution in [3.63, 3.8) is 0 Å². The van der Waals surface area contributed by atoms with Crippen LogP contribution in [0.4, 0.5) is 5.69 Å². The second-order valence-corrected chi connectivity index (χ2v) is 5.72. The number of nitrogens with one attached hydrogen (secondary N) is 1. The molecule has 2 rings (SSSR count). The Morgan fingerprint density at radius 2 is 2.04 bits per heavy atom. The summed E-state index contributed by atoms with van der Waals surface area (Å²) < 4.78 is 5.13. The first kappa shape index (κ1) is 16.7. The Bertz CT molecular complexity index is 702. The summed E-state index contributed by atoms with van der Waals surface area (Å²) in [6, 6.07) is 10.4. The fraction of sp³-hybridized carbons (Fsp3) is 0.235. The number of anilines is 1. The van der Waals surface area contributed by atoms with Crippen LogP contribution in [-0.4, -0.2) is 18.0 Å². The Kier molecular flexibility index (Phi) is 5.89. The normalized spacial score (nSPS) is 11.3. The number of hydrogen-bond acceptors (Lipinski definition) is 5. The molecule has 0 aliphatic rings. The highest BCUT2D eigenvalue weighted by atomic mass is 32.1. The van der Waals surface area contributed by atoms with Crippen LogP contribution in [0.25, 0.3) is 0 Å². The van der Waals surface area contributed by atoms with Gasteiger partial charge in [-0.2, -0.15) is 16.6 Å². The van der Waals surface area contributed by atoms with Gasteiger partial charge in [0, 0.05) is 12.1 Å². The van der Waals surface area contributed by atoms with E-state index < -0.39 is 18.0 Å². The standard InChI is InChI=1S/C17H16N2O3S/c1-12(22-16(20)7-4-14-8-9-23-11-14)17(21)19-15-5-2-13(10-18)3-6-15/h2-3,5-6,8-9,11-12H,4,7H2,1H3,(H,19,21)/t12-/m1/s1. The Morgan fingerprint density at radius 1 is 1.30 bits per heavy atom. The third-order valence-corrected chi connectivity index (χ3v) is 3.89. The molecule has 2 aromatic rings. The molecule has 5 nitrogen and oxygen atoms in total. The zero-order valence-electron chi connectivity index (χ0n) is 12.6. The lowest BCUT2D eigenvalue weighted by molar-refractivity contribution is -0.153. The van der Waals surface area contributed by atoms with E-state index in [1.807, 2.05) is 22.9 Å². The Balaban J connectivity index is 1.79. The van der Waals surface area contributed by atoms with Crippen molar-refractivity contribution in [3.8, 4) is 6.07 Å². The van der Waals surface area contributed by atoms with Crippen molar-refractivity contribution < 1.29 is 14.3 Å². The van der Waals surface area contributed by atoms with Gasteiger partial charge in [0.2, 0.25) is 0 Å². The second kappa shape index (κ2) is 8.11. The van der Waals surface area contributed by atoms with Crippen LogP contribution < -0.4 is 5.32 Å². The lowest BCUT2D eigenvalue weighted by Crippen LogP contribution is -2.30. The van der Waals surface area contributed by atoms with Gasteiger partial charge in [-0.25, -0.2) is 0 Å². The molecule has 118 valence electrons. The fourth-order valence-corrected chi connectivity index (χ4v) is 2.57. The number of esters is 1. The van der Waals surface area contributed by atoms with E-state index in [1.54, 1.807) is 35.6 Å². The summed E-state index contributed by atoms with van der Waals surface area (Å²) in [5.74, 6) is -0.808. The maximum absolute atomic E-state index is 12.0. The van der Waals surface area contributed by atoms with Crippen LogP contribution in [0.15, 0.2) is 41.1 Å². The van der Waals surface area contributed by atoms with Gasteiger partial charge >= 0.3 is 5.97 Å². The van der Waals surface area contributed by atoms with Crippen LogP contribution in [0.5, 0.6) is 0 Å². The highest BCUT2D eigenvalue weighted by Crippen LogP contribution is 2.11. The molecule has 0 fully saturated rings. The highest BCUT2D eigenvalue weighted by molar-refractivity contribution is 7.07. The number of carbonyl (C=O) groups excluding carboxylic acids is 2. The summed E-state index contributed by atoms with van der Waals surface area (Å²) >= 11 is 1.58. The lowest BCUT2D eigenvalue weighted by Gasteiger charge is -2.13. The minimum absolute atomic E-state index is 0.241. The second-order valence-electron chi connectivity index (χ2n) is 4.94. The molecule has 23 heavy (non-hydrogen) atoms. The van der Waals surface area contributed by atoms with Crippen LogP contribution >= 0.6 is 11.3 Å². The smallest absolute Gasteiger partial charge is 0.306 e. The Morgan fingerprint density at radius 3 is 2.65 bits per heavy atom. The van der Waals surface area contributed by atoms with Crippen molar-refractivity contribution in [2.45, 2.75) is 25.9 Å². The van der Waals surface area contributed by atoms with Gasteiger partial charge < -0.3 is 10.1 Å². The minimum atomic E-state index is -0.874. The number of aryl methyl sites for hydroxylation is 1. The fourth-order valence-electron chi connectivity index (χ4n) is 1.86. The summed E-state index contributed by atoms with van der Waals surface area (Å²) in [5, 5.41) is 15.3. The van der Waals surface area contributed by atoms with E-state index in [1.165, 1.54) is 6.92 Å². The van der Waals surface area contributed by atoms with Crippen molar-refractivity contribution >= 4 is 28.9 Å². The van der Waals surface area contributed by atoms with Crippen molar-refractivity contribution in [3.05, 3.63) is 52.2 Å². The monoisotopic (exact) mass is 328 g/mol. The minimum Gasteiger partial charge on any atom is -0.453 e. The van der Waals surface area contributed by atoms with Crippen molar-refractivity contribution in [2.75, 3.05) is 5.32 Å². The topological polar surface area (TPSA) is 79.2 Å². The van der Waals surface area contributed by atoms with Gasteiger partial charge in [0.15, 0.2) is 6.10 Å². The van der Waals surface area contributed by atoms with E-state index in [0.29, 0.717) is 17.7 Å². The predicted molar refractivity (Wildman–Crippen MR) is 88.0 cm³/mol. The molecule has 0 bridgehead atoms. The van der Waals surface area contributed by atoms with E-state index in [9.17, 15) is 9.59 Å². The maximum Gasteiger partial charge on any atom is 0.306 e. The zero-order chi connectivity index (χ0) is 16.7. The van der Waals surface area contributed by atoms with E-state index in [2.05, 4.69) is 5.32 Å². The van der Waals surface area contributed by atoms with Gasteiger partial charge in [-0.1, -0.05) is 0 Å². The molecule has 1 atom stereocenters. The molecule has 0 saturated heterocycles. The van der Waals surface area contributed by atoms with Crippen LogP contribution in [0.2, 0.25) is 0 Å². The van der Waals surface area contributed by atoms with Crippen molar-refractivity contribution in [1.29, 1.82) is 5.26 Å². The molecule has 0 aliphatic heterocycles. The number of ether oxygens (including phenoxy) is 1. The average molecular weight is 328 g/mol. The number of thiophene rings is 1. The molecule has 1 aromatic carbocycles. The predicted octanol–water partition coefficient (Wildman–Crippen LogP) is 3.12. The third kappa shape index (κ3) is 5.24. The van der Waals surface area contributed by atoms with Crippen LogP contribution in [0.3, 0.4) is 0 Å². The number of amides is 1. The molecule has 0 saturated carbocycles. The first-order valence-electron chi connectivity index (χ1n) is 7.10. The first-order chi connectivity index (χ1) is 11.1. The number of nitriles is 1. The number of hydrogen-bond donors (Lipinski definition) is 1. The zero-order valence-corrected chi connectivity index (χ0v) is 13.4. The number of rotatable bonds is 6. The number of carbonyl (C=O) groups is 2. The largest absolute Gasteiger partial charge is 0.453 e. The highest BCUT2D eigenvalue weighted by Gasteiger charge is 2.17. The molecule has 1 amide bonds. The Labute approximate surface area is 138 Å². The number of benzene rings is 1. The molecule has 0 unspecified atom stereocenters.